The number of fused-ring (bicyclic) bond motifs is 1. The summed E-state index contributed by atoms with van der Waals surface area (Å²) in [5.41, 5.74) is 2.24. The molecule has 2 rings (SSSR count). The van der Waals surface area contributed by atoms with Gasteiger partial charge in [0.15, 0.2) is 0 Å². The molecular weight excluding hydrogens is 196 g/mol. The van der Waals surface area contributed by atoms with Crippen molar-refractivity contribution in [1.82, 2.24) is 9.55 Å². The van der Waals surface area contributed by atoms with Crippen molar-refractivity contribution in [2.24, 2.45) is 0 Å². The summed E-state index contributed by atoms with van der Waals surface area (Å²) in [5.74, 6) is 0. The quantitative estimate of drug-likeness (QED) is 0.701. The third kappa shape index (κ3) is 1.40. The number of aromatic nitrogens is 2. The van der Waals surface area contributed by atoms with Gasteiger partial charge in [-0.05, 0) is 32.4 Å². The molecule has 0 radical (unpaired) electrons. The molecule has 2 heterocycles. The molecule has 0 saturated carbocycles. The van der Waals surface area contributed by atoms with Crippen molar-refractivity contribution in [3.8, 4) is 0 Å². The zero-order valence-electron chi connectivity index (χ0n) is 8.58. The van der Waals surface area contributed by atoms with E-state index in [1.165, 1.54) is 5.56 Å². The predicted molar refractivity (Wildman–Crippen MR) is 59.9 cm³/mol. The number of pyridine rings is 1. The highest BCUT2D eigenvalue weighted by Gasteiger charge is 2.08. The van der Waals surface area contributed by atoms with E-state index in [1.54, 1.807) is 6.20 Å². The van der Waals surface area contributed by atoms with Crippen molar-refractivity contribution in [3.05, 3.63) is 29.0 Å². The smallest absolute Gasteiger partial charge is 0.140 e. The Hall–Kier alpha value is -1.02. The molecule has 3 heteroatoms. The normalized spacial score (nSPS) is 11.5. The summed E-state index contributed by atoms with van der Waals surface area (Å²) in [4.78, 5) is 4.35. The molecule has 0 aromatic carbocycles. The van der Waals surface area contributed by atoms with Gasteiger partial charge in [-0.25, -0.2) is 4.98 Å². The van der Waals surface area contributed by atoms with Gasteiger partial charge in [0.2, 0.25) is 0 Å². The number of aryl methyl sites for hydroxylation is 1. The van der Waals surface area contributed by atoms with Gasteiger partial charge < -0.3 is 4.57 Å². The molecule has 0 saturated heterocycles. The molecule has 0 fully saturated rings. The summed E-state index contributed by atoms with van der Waals surface area (Å²) in [5, 5.41) is 1.84. The molecule has 0 amide bonds. The lowest BCUT2D eigenvalue weighted by molar-refractivity contribution is 0.617. The minimum atomic E-state index is 0.430. The van der Waals surface area contributed by atoms with Gasteiger partial charge in [-0.2, -0.15) is 0 Å². The summed E-state index contributed by atoms with van der Waals surface area (Å²) >= 11 is 5.91. The highest BCUT2D eigenvalue weighted by atomic mass is 35.5. The first-order valence-electron chi connectivity index (χ1n) is 4.72. The monoisotopic (exact) mass is 208 g/mol. The van der Waals surface area contributed by atoms with E-state index in [1.807, 2.05) is 6.07 Å². The summed E-state index contributed by atoms with van der Waals surface area (Å²) in [6.07, 6.45) is 3.82. The van der Waals surface area contributed by atoms with Crippen LogP contribution in [0.25, 0.3) is 11.0 Å². The van der Waals surface area contributed by atoms with Crippen LogP contribution in [0.2, 0.25) is 5.02 Å². The van der Waals surface area contributed by atoms with E-state index >= 15 is 0 Å². The molecular formula is C11H13ClN2. The Morgan fingerprint density at radius 1 is 1.43 bits per heavy atom. The third-order valence-corrected chi connectivity index (χ3v) is 2.60. The standard InChI is InChI=1S/C11H13ClN2/c1-7(2)14-6-8(3)10-4-9(12)5-13-11(10)14/h4-7H,1-3H3. The van der Waals surface area contributed by atoms with Gasteiger partial charge in [0, 0.05) is 23.8 Å². The highest BCUT2D eigenvalue weighted by Crippen LogP contribution is 2.24. The van der Waals surface area contributed by atoms with Gasteiger partial charge in [0.1, 0.15) is 5.65 Å². The average molecular weight is 209 g/mol. The van der Waals surface area contributed by atoms with Crippen molar-refractivity contribution in [2.75, 3.05) is 0 Å². The molecule has 0 spiro atoms. The Balaban J connectivity index is 2.77. The van der Waals surface area contributed by atoms with E-state index < -0.39 is 0 Å². The van der Waals surface area contributed by atoms with Gasteiger partial charge in [0.05, 0.1) is 5.02 Å². The molecule has 0 bridgehead atoms. The van der Waals surface area contributed by atoms with Crippen LogP contribution in [0, 0.1) is 6.92 Å². The van der Waals surface area contributed by atoms with E-state index in [0.717, 1.165) is 11.0 Å². The van der Waals surface area contributed by atoms with Crippen LogP contribution in [0.1, 0.15) is 25.5 Å². The largest absolute Gasteiger partial charge is 0.330 e. The molecule has 74 valence electrons. The fraction of sp³-hybridized carbons (Fsp3) is 0.364. The van der Waals surface area contributed by atoms with Crippen LogP contribution in [0.5, 0.6) is 0 Å². The first-order chi connectivity index (χ1) is 6.59. The summed E-state index contributed by atoms with van der Waals surface area (Å²) < 4.78 is 2.17. The molecule has 0 aliphatic rings. The van der Waals surface area contributed by atoms with Gasteiger partial charge in [-0.1, -0.05) is 11.6 Å². The molecule has 0 aliphatic carbocycles. The maximum Gasteiger partial charge on any atom is 0.140 e. The Morgan fingerprint density at radius 2 is 2.14 bits per heavy atom. The lowest BCUT2D eigenvalue weighted by Crippen LogP contribution is -1.99. The average Bonchev–Trinajstić information content (AvgIpc) is 2.44. The second-order valence-electron chi connectivity index (χ2n) is 3.84. The van der Waals surface area contributed by atoms with E-state index in [9.17, 15) is 0 Å². The predicted octanol–water partition coefficient (Wildman–Crippen LogP) is 3.58. The number of rotatable bonds is 1. The van der Waals surface area contributed by atoms with Crippen LogP contribution >= 0.6 is 11.6 Å². The maximum atomic E-state index is 5.91. The van der Waals surface area contributed by atoms with E-state index in [4.69, 9.17) is 11.6 Å². The number of hydrogen-bond acceptors (Lipinski definition) is 1. The molecule has 0 N–H and O–H groups in total. The minimum absolute atomic E-state index is 0.430. The summed E-state index contributed by atoms with van der Waals surface area (Å²) in [6.45, 7) is 6.38. The van der Waals surface area contributed by atoms with Crippen molar-refractivity contribution < 1.29 is 0 Å². The van der Waals surface area contributed by atoms with Gasteiger partial charge in [-0.3, -0.25) is 0 Å². The second-order valence-corrected chi connectivity index (χ2v) is 4.27. The lowest BCUT2D eigenvalue weighted by Gasteiger charge is -2.07. The first-order valence-corrected chi connectivity index (χ1v) is 5.10. The summed E-state index contributed by atoms with van der Waals surface area (Å²) in [7, 11) is 0. The zero-order valence-corrected chi connectivity index (χ0v) is 9.34. The van der Waals surface area contributed by atoms with Crippen LogP contribution in [0.15, 0.2) is 18.5 Å². The first kappa shape index (κ1) is 9.53. The van der Waals surface area contributed by atoms with Crippen LogP contribution in [-0.4, -0.2) is 9.55 Å². The van der Waals surface area contributed by atoms with Crippen LogP contribution in [-0.2, 0) is 0 Å². The van der Waals surface area contributed by atoms with Gasteiger partial charge in [-0.15, -0.1) is 0 Å². The number of nitrogens with zero attached hydrogens (tertiary/aromatic N) is 2. The third-order valence-electron chi connectivity index (χ3n) is 2.39. The van der Waals surface area contributed by atoms with Crippen LogP contribution in [0.3, 0.4) is 0 Å². The topological polar surface area (TPSA) is 17.8 Å². The van der Waals surface area contributed by atoms with Gasteiger partial charge >= 0.3 is 0 Å². The molecule has 2 nitrogen and oxygen atoms in total. The van der Waals surface area contributed by atoms with E-state index in [-0.39, 0.29) is 0 Å². The van der Waals surface area contributed by atoms with Crippen molar-refractivity contribution in [1.29, 1.82) is 0 Å². The molecule has 0 atom stereocenters. The zero-order chi connectivity index (χ0) is 10.3. The highest BCUT2D eigenvalue weighted by molar-refractivity contribution is 6.31. The van der Waals surface area contributed by atoms with E-state index in [2.05, 4.69) is 36.5 Å². The Morgan fingerprint density at radius 3 is 2.79 bits per heavy atom. The van der Waals surface area contributed by atoms with Crippen molar-refractivity contribution >= 4 is 22.6 Å². The fourth-order valence-electron chi connectivity index (χ4n) is 1.66. The summed E-state index contributed by atoms with van der Waals surface area (Å²) in [6, 6.07) is 2.40. The Labute approximate surface area is 88.5 Å². The SMILES string of the molecule is Cc1cn(C(C)C)c2ncc(Cl)cc12. The van der Waals surface area contributed by atoms with Gasteiger partial charge in [0.25, 0.3) is 0 Å². The van der Waals surface area contributed by atoms with Crippen molar-refractivity contribution in [3.63, 3.8) is 0 Å². The Bertz CT molecular complexity index is 471. The maximum absolute atomic E-state index is 5.91. The molecule has 2 aromatic heterocycles. The van der Waals surface area contributed by atoms with Crippen molar-refractivity contribution in [2.45, 2.75) is 26.8 Å². The lowest BCUT2D eigenvalue weighted by atomic mass is 10.2. The minimum Gasteiger partial charge on any atom is -0.330 e. The molecule has 0 unspecified atom stereocenters. The molecule has 0 aliphatic heterocycles. The molecule has 14 heavy (non-hydrogen) atoms. The Kier molecular flexibility index (Phi) is 2.23. The fourth-order valence-corrected chi connectivity index (χ4v) is 1.82. The van der Waals surface area contributed by atoms with Crippen LogP contribution < -0.4 is 0 Å². The molecule has 2 aromatic rings. The second kappa shape index (κ2) is 3.28. The van der Waals surface area contributed by atoms with Crippen LogP contribution in [0.4, 0.5) is 0 Å². The number of hydrogen-bond donors (Lipinski definition) is 0. The number of halogens is 1. The van der Waals surface area contributed by atoms with E-state index in [0.29, 0.717) is 11.1 Å².